The van der Waals surface area contributed by atoms with E-state index in [1.807, 2.05) is 24.3 Å². The number of benzene rings is 1. The highest BCUT2D eigenvalue weighted by Gasteiger charge is 2.46. The molecule has 1 saturated heterocycles. The van der Waals surface area contributed by atoms with Crippen molar-refractivity contribution in [3.63, 3.8) is 0 Å². The van der Waals surface area contributed by atoms with Crippen molar-refractivity contribution in [3.05, 3.63) is 34.3 Å². The van der Waals surface area contributed by atoms with Crippen LogP contribution in [-0.2, 0) is 16.1 Å². The van der Waals surface area contributed by atoms with Crippen molar-refractivity contribution in [1.82, 2.24) is 10.2 Å². The molecule has 2 amide bonds. The molecule has 1 spiro atoms. The predicted molar refractivity (Wildman–Crippen MR) is 83.5 cm³/mol. The number of piperazine rings is 1. The Bertz CT molecular complexity index is 550. The van der Waals surface area contributed by atoms with Gasteiger partial charge >= 0.3 is 0 Å². The Labute approximate surface area is 133 Å². The summed E-state index contributed by atoms with van der Waals surface area (Å²) in [6.07, 6.45) is 4.72. The van der Waals surface area contributed by atoms with E-state index in [2.05, 4.69) is 21.2 Å². The second-order valence-corrected chi connectivity index (χ2v) is 6.89. The van der Waals surface area contributed by atoms with Crippen LogP contribution in [0.2, 0.25) is 0 Å². The minimum absolute atomic E-state index is 0.0337. The number of amides is 2. The molecule has 1 aliphatic carbocycles. The first kappa shape index (κ1) is 14.6. The summed E-state index contributed by atoms with van der Waals surface area (Å²) in [5.41, 5.74) is 0.412. The lowest BCUT2D eigenvalue weighted by atomic mass is 9.79. The van der Waals surface area contributed by atoms with Gasteiger partial charge in [-0.25, -0.2) is 0 Å². The van der Waals surface area contributed by atoms with Gasteiger partial charge in [-0.2, -0.15) is 0 Å². The van der Waals surface area contributed by atoms with Gasteiger partial charge in [0.15, 0.2) is 0 Å². The normalized spacial score (nSPS) is 21.5. The molecule has 3 rings (SSSR count). The van der Waals surface area contributed by atoms with Crippen LogP contribution >= 0.6 is 15.9 Å². The molecule has 0 radical (unpaired) electrons. The van der Waals surface area contributed by atoms with E-state index < -0.39 is 5.54 Å². The lowest BCUT2D eigenvalue weighted by molar-refractivity contribution is -0.152. The summed E-state index contributed by atoms with van der Waals surface area (Å²) in [4.78, 5) is 26.5. The van der Waals surface area contributed by atoms with Gasteiger partial charge in [0.2, 0.25) is 11.8 Å². The van der Waals surface area contributed by atoms with E-state index in [9.17, 15) is 9.59 Å². The van der Waals surface area contributed by atoms with Crippen molar-refractivity contribution in [2.75, 3.05) is 6.54 Å². The molecular formula is C16H19BrN2O2. The molecule has 1 heterocycles. The zero-order valence-corrected chi connectivity index (χ0v) is 13.5. The summed E-state index contributed by atoms with van der Waals surface area (Å²) in [6, 6.07) is 7.88. The van der Waals surface area contributed by atoms with E-state index in [0.717, 1.165) is 42.1 Å². The summed E-state index contributed by atoms with van der Waals surface area (Å²) in [6.45, 7) is 0.665. The topological polar surface area (TPSA) is 49.4 Å². The first-order valence-electron chi connectivity index (χ1n) is 7.44. The van der Waals surface area contributed by atoms with Crippen molar-refractivity contribution in [2.24, 2.45) is 0 Å². The fraction of sp³-hybridized carbons (Fsp3) is 0.500. The molecule has 1 N–H and O–H groups in total. The number of nitrogens with one attached hydrogen (secondary N) is 1. The number of rotatable bonds is 2. The highest BCUT2D eigenvalue weighted by molar-refractivity contribution is 9.10. The Hall–Kier alpha value is -1.36. The maximum absolute atomic E-state index is 12.8. The molecule has 112 valence electrons. The second-order valence-electron chi connectivity index (χ2n) is 5.98. The van der Waals surface area contributed by atoms with Crippen molar-refractivity contribution in [2.45, 2.75) is 44.2 Å². The van der Waals surface area contributed by atoms with E-state index in [-0.39, 0.29) is 18.4 Å². The Morgan fingerprint density at radius 3 is 2.43 bits per heavy atom. The average Bonchev–Trinajstić information content (AvgIpc) is 2.48. The molecule has 0 unspecified atom stereocenters. The van der Waals surface area contributed by atoms with Crippen LogP contribution in [0.1, 0.15) is 37.7 Å². The van der Waals surface area contributed by atoms with E-state index >= 15 is 0 Å². The Kier molecular flexibility index (Phi) is 4.02. The molecule has 0 bridgehead atoms. The summed E-state index contributed by atoms with van der Waals surface area (Å²) in [5.74, 6) is 0.0540. The van der Waals surface area contributed by atoms with Crippen molar-refractivity contribution in [1.29, 1.82) is 0 Å². The van der Waals surface area contributed by atoms with Crippen molar-refractivity contribution in [3.8, 4) is 0 Å². The zero-order valence-electron chi connectivity index (χ0n) is 11.9. The van der Waals surface area contributed by atoms with Gasteiger partial charge < -0.3 is 10.2 Å². The maximum atomic E-state index is 12.8. The Morgan fingerprint density at radius 1 is 1.10 bits per heavy atom. The SMILES string of the molecule is O=C1CN(Cc2ccc(Br)cc2)C(=O)C2(CCCCC2)N1. The minimum Gasteiger partial charge on any atom is -0.340 e. The molecule has 1 aromatic carbocycles. The molecule has 2 fully saturated rings. The quantitative estimate of drug-likeness (QED) is 0.891. The molecule has 0 atom stereocenters. The van der Waals surface area contributed by atoms with Gasteiger partial charge in [-0.15, -0.1) is 0 Å². The summed E-state index contributed by atoms with van der Waals surface area (Å²) >= 11 is 3.40. The lowest BCUT2D eigenvalue weighted by Gasteiger charge is -2.44. The Morgan fingerprint density at radius 2 is 1.76 bits per heavy atom. The number of hydrogen-bond acceptors (Lipinski definition) is 2. The molecule has 1 aromatic rings. The number of carbonyl (C=O) groups excluding carboxylic acids is 2. The van der Waals surface area contributed by atoms with Crippen LogP contribution in [0.15, 0.2) is 28.7 Å². The molecule has 1 aliphatic heterocycles. The highest BCUT2D eigenvalue weighted by atomic mass is 79.9. The average molecular weight is 351 g/mol. The van der Waals surface area contributed by atoms with Crippen LogP contribution < -0.4 is 5.32 Å². The number of hydrogen-bond donors (Lipinski definition) is 1. The van der Waals surface area contributed by atoms with Crippen LogP contribution in [0.25, 0.3) is 0 Å². The summed E-state index contributed by atoms with van der Waals surface area (Å²) < 4.78 is 1.01. The van der Waals surface area contributed by atoms with Crippen LogP contribution in [0, 0.1) is 0 Å². The van der Waals surface area contributed by atoms with Crippen LogP contribution in [0.4, 0.5) is 0 Å². The monoisotopic (exact) mass is 350 g/mol. The highest BCUT2D eigenvalue weighted by Crippen LogP contribution is 2.32. The zero-order chi connectivity index (χ0) is 14.9. The smallest absolute Gasteiger partial charge is 0.249 e. The van der Waals surface area contributed by atoms with E-state index in [1.54, 1.807) is 4.90 Å². The van der Waals surface area contributed by atoms with Crippen LogP contribution in [0.5, 0.6) is 0 Å². The standard InChI is InChI=1S/C16H19BrN2O2/c17-13-6-4-12(5-7-13)10-19-11-14(20)18-16(15(19)21)8-2-1-3-9-16/h4-7H,1-3,8-11H2,(H,18,20). The third-order valence-corrected chi connectivity index (χ3v) is 4.93. The Balaban J connectivity index is 1.79. The van der Waals surface area contributed by atoms with Gasteiger partial charge in [0.05, 0.1) is 6.54 Å². The van der Waals surface area contributed by atoms with Gasteiger partial charge in [-0.1, -0.05) is 47.3 Å². The number of nitrogens with zero attached hydrogens (tertiary/aromatic N) is 1. The lowest BCUT2D eigenvalue weighted by Crippen LogP contribution is -2.66. The van der Waals surface area contributed by atoms with E-state index in [1.165, 1.54) is 0 Å². The molecule has 1 saturated carbocycles. The third kappa shape index (κ3) is 2.98. The maximum Gasteiger partial charge on any atom is 0.249 e. The first-order chi connectivity index (χ1) is 10.1. The summed E-state index contributed by atoms with van der Waals surface area (Å²) in [7, 11) is 0. The van der Waals surface area contributed by atoms with Crippen LogP contribution in [-0.4, -0.2) is 28.8 Å². The summed E-state index contributed by atoms with van der Waals surface area (Å²) in [5, 5.41) is 2.97. The molecular weight excluding hydrogens is 332 g/mol. The van der Waals surface area contributed by atoms with Gasteiger partial charge in [0.25, 0.3) is 0 Å². The predicted octanol–water partition coefficient (Wildman–Crippen LogP) is 2.61. The van der Waals surface area contributed by atoms with E-state index in [4.69, 9.17) is 0 Å². The molecule has 0 aromatic heterocycles. The van der Waals surface area contributed by atoms with Gasteiger partial charge in [-0.05, 0) is 30.5 Å². The van der Waals surface area contributed by atoms with Crippen molar-refractivity contribution < 1.29 is 9.59 Å². The van der Waals surface area contributed by atoms with E-state index in [0.29, 0.717) is 6.54 Å². The number of carbonyl (C=O) groups is 2. The number of halogens is 1. The van der Waals surface area contributed by atoms with Gasteiger partial charge in [0, 0.05) is 11.0 Å². The molecule has 5 heteroatoms. The fourth-order valence-electron chi connectivity index (χ4n) is 3.34. The van der Waals surface area contributed by atoms with Gasteiger partial charge in [-0.3, -0.25) is 9.59 Å². The van der Waals surface area contributed by atoms with Crippen LogP contribution in [0.3, 0.4) is 0 Å². The van der Waals surface area contributed by atoms with Gasteiger partial charge in [0.1, 0.15) is 5.54 Å². The largest absolute Gasteiger partial charge is 0.340 e. The minimum atomic E-state index is -0.636. The fourth-order valence-corrected chi connectivity index (χ4v) is 3.60. The second kappa shape index (κ2) is 5.79. The van der Waals surface area contributed by atoms with Crippen molar-refractivity contribution >= 4 is 27.7 Å². The molecule has 4 nitrogen and oxygen atoms in total. The molecule has 21 heavy (non-hydrogen) atoms. The third-order valence-electron chi connectivity index (χ3n) is 4.40. The molecule has 2 aliphatic rings. The first-order valence-corrected chi connectivity index (χ1v) is 8.23.